The van der Waals surface area contributed by atoms with E-state index in [2.05, 4.69) is 5.32 Å². The van der Waals surface area contributed by atoms with Gasteiger partial charge >= 0.3 is 0 Å². The number of nitrogens with zero attached hydrogens (tertiary/aromatic N) is 1. The van der Waals surface area contributed by atoms with Crippen molar-refractivity contribution in [3.05, 3.63) is 71.8 Å². The van der Waals surface area contributed by atoms with Crippen LogP contribution < -0.4 is 5.32 Å². The molecule has 5 heteroatoms. The van der Waals surface area contributed by atoms with Crippen LogP contribution in [0.1, 0.15) is 37.3 Å². The van der Waals surface area contributed by atoms with Gasteiger partial charge in [0.05, 0.1) is 13.2 Å². The number of nitrogens with one attached hydrogen (secondary N) is 1. The van der Waals surface area contributed by atoms with Gasteiger partial charge in [0.1, 0.15) is 6.04 Å². The van der Waals surface area contributed by atoms with E-state index < -0.39 is 6.04 Å². The zero-order chi connectivity index (χ0) is 20.6. The lowest BCUT2D eigenvalue weighted by atomic mass is 9.88. The average Bonchev–Trinajstić information content (AvgIpc) is 2.77. The zero-order valence-corrected chi connectivity index (χ0v) is 17.2. The van der Waals surface area contributed by atoms with Gasteiger partial charge in [-0.05, 0) is 17.0 Å². The van der Waals surface area contributed by atoms with Crippen molar-refractivity contribution in [2.75, 3.05) is 26.3 Å². The van der Waals surface area contributed by atoms with E-state index in [1.165, 1.54) is 0 Å². The first-order chi connectivity index (χ1) is 14.1. The molecule has 1 atom stereocenters. The van der Waals surface area contributed by atoms with Crippen molar-refractivity contribution >= 4 is 11.8 Å². The molecule has 0 unspecified atom stereocenters. The first kappa shape index (κ1) is 21.1. The van der Waals surface area contributed by atoms with Gasteiger partial charge in [0.2, 0.25) is 11.8 Å². The number of amides is 2. The highest BCUT2D eigenvalue weighted by molar-refractivity contribution is 5.88. The smallest absolute Gasteiger partial charge is 0.245 e. The number of carbonyl (C=O) groups is 2. The van der Waals surface area contributed by atoms with Gasteiger partial charge in [-0.3, -0.25) is 9.59 Å². The highest BCUT2D eigenvalue weighted by Crippen LogP contribution is 2.28. The van der Waals surface area contributed by atoms with Gasteiger partial charge in [0, 0.05) is 25.4 Å². The molecule has 0 aromatic heterocycles. The molecule has 1 aliphatic heterocycles. The van der Waals surface area contributed by atoms with Gasteiger partial charge in [-0.15, -0.1) is 0 Å². The molecular weight excluding hydrogens is 364 g/mol. The summed E-state index contributed by atoms with van der Waals surface area (Å²) in [6.07, 6.45) is 0.299. The first-order valence-electron chi connectivity index (χ1n) is 10.3. The SMILES string of the molecule is CC(C)[C@H](NC(=O)CC(c1ccccc1)c1ccccc1)C(=O)N1CCOCC1. The van der Waals surface area contributed by atoms with Gasteiger partial charge in [0.15, 0.2) is 0 Å². The third-order valence-electron chi connectivity index (χ3n) is 5.37. The van der Waals surface area contributed by atoms with E-state index in [0.29, 0.717) is 32.7 Å². The molecule has 0 spiro atoms. The first-order valence-corrected chi connectivity index (χ1v) is 10.3. The predicted molar refractivity (Wildman–Crippen MR) is 114 cm³/mol. The van der Waals surface area contributed by atoms with Gasteiger partial charge in [0.25, 0.3) is 0 Å². The Balaban J connectivity index is 1.73. The molecular formula is C24H30N2O3. The fourth-order valence-electron chi connectivity index (χ4n) is 3.71. The minimum absolute atomic E-state index is 0.0150. The van der Waals surface area contributed by atoms with Crippen molar-refractivity contribution < 1.29 is 14.3 Å². The molecule has 1 fully saturated rings. The standard InChI is InChI=1S/C24H30N2O3/c1-18(2)23(24(28)26-13-15-29-16-14-26)25-22(27)17-21(19-9-5-3-6-10-19)20-11-7-4-8-12-20/h3-12,18,21,23H,13-17H2,1-2H3,(H,25,27)/t23-/m0/s1. The summed E-state index contributed by atoms with van der Waals surface area (Å²) in [6, 6.07) is 19.6. The molecule has 1 heterocycles. The maximum absolute atomic E-state index is 13.0. The number of rotatable bonds is 7. The molecule has 5 nitrogen and oxygen atoms in total. The normalized spacial score (nSPS) is 15.4. The summed E-state index contributed by atoms with van der Waals surface area (Å²) in [5.41, 5.74) is 2.18. The van der Waals surface area contributed by atoms with Gasteiger partial charge in [-0.1, -0.05) is 74.5 Å². The fourth-order valence-corrected chi connectivity index (χ4v) is 3.71. The van der Waals surface area contributed by atoms with E-state index in [9.17, 15) is 9.59 Å². The van der Waals surface area contributed by atoms with E-state index in [-0.39, 0.29) is 23.7 Å². The summed E-state index contributed by atoms with van der Waals surface area (Å²) >= 11 is 0. The Morgan fingerprint density at radius 3 is 1.93 bits per heavy atom. The van der Waals surface area contributed by atoms with Gasteiger partial charge in [-0.2, -0.15) is 0 Å². The largest absolute Gasteiger partial charge is 0.378 e. The van der Waals surface area contributed by atoms with E-state index in [1.54, 1.807) is 4.90 Å². The highest BCUT2D eigenvalue weighted by atomic mass is 16.5. The summed E-state index contributed by atoms with van der Waals surface area (Å²) < 4.78 is 5.34. The second-order valence-corrected chi connectivity index (χ2v) is 7.80. The van der Waals surface area contributed by atoms with Crippen LogP contribution in [-0.4, -0.2) is 49.1 Å². The summed E-state index contributed by atoms with van der Waals surface area (Å²) in [5, 5.41) is 3.01. The molecule has 2 aromatic rings. The van der Waals surface area contributed by atoms with Gasteiger partial charge < -0.3 is 15.0 Å². The van der Waals surface area contributed by atoms with Crippen molar-refractivity contribution in [2.45, 2.75) is 32.2 Å². The maximum Gasteiger partial charge on any atom is 0.245 e. The zero-order valence-electron chi connectivity index (χ0n) is 17.2. The number of morpholine rings is 1. The molecule has 1 N–H and O–H groups in total. The van der Waals surface area contributed by atoms with Crippen molar-refractivity contribution in [2.24, 2.45) is 5.92 Å². The fraction of sp³-hybridized carbons (Fsp3) is 0.417. The second-order valence-electron chi connectivity index (χ2n) is 7.80. The Hall–Kier alpha value is -2.66. The van der Waals surface area contributed by atoms with E-state index in [0.717, 1.165) is 11.1 Å². The van der Waals surface area contributed by atoms with Crippen LogP contribution in [0.25, 0.3) is 0 Å². The van der Waals surface area contributed by atoms with Crippen LogP contribution >= 0.6 is 0 Å². The molecule has 0 aliphatic carbocycles. The monoisotopic (exact) mass is 394 g/mol. The van der Waals surface area contributed by atoms with E-state index in [4.69, 9.17) is 4.74 Å². The van der Waals surface area contributed by atoms with Gasteiger partial charge in [-0.25, -0.2) is 0 Å². The van der Waals surface area contributed by atoms with E-state index >= 15 is 0 Å². The van der Waals surface area contributed by atoms with Crippen LogP contribution in [0.4, 0.5) is 0 Å². The molecule has 154 valence electrons. The van der Waals surface area contributed by atoms with Crippen molar-refractivity contribution in [1.82, 2.24) is 10.2 Å². The Bertz CT molecular complexity index is 747. The second kappa shape index (κ2) is 10.2. The quantitative estimate of drug-likeness (QED) is 0.785. The summed E-state index contributed by atoms with van der Waals surface area (Å²) in [5.74, 6) is -0.166. The van der Waals surface area contributed by atoms with Crippen LogP contribution in [0.2, 0.25) is 0 Å². The predicted octanol–water partition coefficient (Wildman–Crippen LogP) is 3.21. The third-order valence-corrected chi connectivity index (χ3v) is 5.37. The number of ether oxygens (including phenoxy) is 1. The Labute approximate surface area is 173 Å². The minimum Gasteiger partial charge on any atom is -0.378 e. The van der Waals surface area contributed by atoms with E-state index in [1.807, 2.05) is 74.5 Å². The van der Waals surface area contributed by atoms with Crippen molar-refractivity contribution in [1.29, 1.82) is 0 Å². The third kappa shape index (κ3) is 5.67. The van der Waals surface area contributed by atoms with Crippen LogP contribution in [0.5, 0.6) is 0 Å². The van der Waals surface area contributed by atoms with Crippen molar-refractivity contribution in [3.63, 3.8) is 0 Å². The van der Waals surface area contributed by atoms with Crippen LogP contribution in [0, 0.1) is 5.92 Å². The Morgan fingerprint density at radius 2 is 1.45 bits per heavy atom. The molecule has 1 aliphatic rings. The number of benzene rings is 2. The Kier molecular flexibility index (Phi) is 7.42. The average molecular weight is 395 g/mol. The summed E-state index contributed by atoms with van der Waals surface area (Å²) in [4.78, 5) is 27.7. The molecule has 1 saturated heterocycles. The molecule has 0 saturated carbocycles. The topological polar surface area (TPSA) is 58.6 Å². The summed E-state index contributed by atoms with van der Waals surface area (Å²) in [6.45, 7) is 6.19. The number of carbonyl (C=O) groups excluding carboxylic acids is 2. The highest BCUT2D eigenvalue weighted by Gasteiger charge is 2.30. The molecule has 0 radical (unpaired) electrons. The minimum atomic E-state index is -0.521. The number of hydrogen-bond acceptors (Lipinski definition) is 3. The summed E-state index contributed by atoms with van der Waals surface area (Å²) in [7, 11) is 0. The lowest BCUT2D eigenvalue weighted by Crippen LogP contribution is -2.54. The van der Waals surface area contributed by atoms with Crippen molar-refractivity contribution in [3.8, 4) is 0 Å². The Morgan fingerprint density at radius 1 is 0.931 bits per heavy atom. The molecule has 2 amide bonds. The molecule has 29 heavy (non-hydrogen) atoms. The molecule has 2 aromatic carbocycles. The lowest BCUT2D eigenvalue weighted by molar-refractivity contribution is -0.141. The molecule has 3 rings (SSSR count). The number of hydrogen-bond donors (Lipinski definition) is 1. The van der Waals surface area contributed by atoms with Crippen LogP contribution in [-0.2, 0) is 14.3 Å². The molecule has 0 bridgehead atoms. The van der Waals surface area contributed by atoms with Crippen LogP contribution in [0.15, 0.2) is 60.7 Å². The van der Waals surface area contributed by atoms with Crippen LogP contribution in [0.3, 0.4) is 0 Å². The maximum atomic E-state index is 13.0. The lowest BCUT2D eigenvalue weighted by Gasteiger charge is -2.32.